The number of nitrogens with one attached hydrogen (secondary N) is 2. The van der Waals surface area contributed by atoms with Gasteiger partial charge in [0, 0.05) is 79.0 Å². The summed E-state index contributed by atoms with van der Waals surface area (Å²) in [5.74, 6) is -1.97. The minimum Gasteiger partial charge on any atom is -0.369 e. The number of aryl methyl sites for hydroxylation is 1. The Morgan fingerprint density at radius 3 is 2.50 bits per heavy atom. The van der Waals surface area contributed by atoms with Crippen LogP contribution in [-0.4, -0.2) is 70.5 Å². The largest absolute Gasteiger partial charge is 0.369 e. The van der Waals surface area contributed by atoms with Crippen molar-refractivity contribution in [3.63, 3.8) is 0 Å². The first kappa shape index (κ1) is 31.9. The van der Waals surface area contributed by atoms with E-state index in [1.54, 1.807) is 12.1 Å². The van der Waals surface area contributed by atoms with Crippen LogP contribution in [0.3, 0.4) is 0 Å². The number of nitriles is 1. The molecule has 0 bridgehead atoms. The van der Waals surface area contributed by atoms with Crippen molar-refractivity contribution in [1.29, 1.82) is 5.26 Å². The Kier molecular flexibility index (Phi) is 7.42. The molecule has 4 aliphatic rings. The van der Waals surface area contributed by atoms with Gasteiger partial charge in [-0.25, -0.2) is 4.39 Å². The molecule has 254 valence electrons. The zero-order valence-electron chi connectivity index (χ0n) is 28.3. The molecule has 3 aliphatic heterocycles. The highest BCUT2D eigenvalue weighted by atomic mass is 19.1. The maximum Gasteiger partial charge on any atom is 0.258 e. The van der Waals surface area contributed by atoms with E-state index in [9.17, 15) is 24.4 Å². The maximum atomic E-state index is 15.4. The number of hydrogen-bond donors (Lipinski definition) is 2. The van der Waals surface area contributed by atoms with Gasteiger partial charge in [-0.3, -0.25) is 29.4 Å². The summed E-state index contributed by atoms with van der Waals surface area (Å²) in [7, 11) is 0. The average Bonchev–Trinajstić information content (AvgIpc) is 3.65. The fraction of sp³-hybridized carbons (Fsp3) is 0.359. The number of ketones is 1. The first-order valence-corrected chi connectivity index (χ1v) is 17.2. The van der Waals surface area contributed by atoms with E-state index in [0.717, 1.165) is 77.1 Å². The highest BCUT2D eigenvalue weighted by molar-refractivity contribution is 6.20. The average molecular weight is 673 g/mol. The molecule has 11 heteroatoms. The second kappa shape index (κ2) is 11.6. The number of anilines is 1. The quantitative estimate of drug-likeness (QED) is 0.294. The third kappa shape index (κ3) is 4.92. The van der Waals surface area contributed by atoms with E-state index in [1.807, 2.05) is 12.1 Å². The summed E-state index contributed by atoms with van der Waals surface area (Å²) in [5.41, 5.74) is 7.68. The lowest BCUT2D eigenvalue weighted by molar-refractivity contribution is -0.136. The lowest BCUT2D eigenvalue weighted by Gasteiger charge is -2.39. The van der Waals surface area contributed by atoms with Crippen LogP contribution in [0.1, 0.15) is 93.4 Å². The molecule has 0 spiro atoms. The van der Waals surface area contributed by atoms with E-state index in [4.69, 9.17) is 0 Å². The Bertz CT molecular complexity index is 2210. The van der Waals surface area contributed by atoms with Gasteiger partial charge in [-0.15, -0.1) is 0 Å². The Morgan fingerprint density at radius 2 is 1.78 bits per heavy atom. The number of carbonyl (C=O) groups excluding carboxylic acids is 4. The second-order valence-electron chi connectivity index (χ2n) is 14.4. The van der Waals surface area contributed by atoms with E-state index in [-0.39, 0.29) is 36.6 Å². The van der Waals surface area contributed by atoms with Crippen LogP contribution in [0.2, 0.25) is 0 Å². The second-order valence-corrected chi connectivity index (χ2v) is 14.4. The number of aromatic nitrogens is 1. The predicted molar refractivity (Wildman–Crippen MR) is 184 cm³/mol. The number of piperazine rings is 1. The number of halogens is 1. The smallest absolute Gasteiger partial charge is 0.258 e. The molecule has 1 aliphatic carbocycles. The van der Waals surface area contributed by atoms with Crippen molar-refractivity contribution in [2.45, 2.75) is 64.6 Å². The summed E-state index contributed by atoms with van der Waals surface area (Å²) < 4.78 is 15.4. The normalized spacial score (nSPS) is 20.1. The molecule has 3 amide bonds. The lowest BCUT2D eigenvalue weighted by atomic mass is 9.70. The number of imide groups is 1. The highest BCUT2D eigenvalue weighted by Crippen LogP contribution is 2.46. The van der Waals surface area contributed by atoms with Crippen molar-refractivity contribution in [1.82, 2.24) is 20.1 Å². The maximum absolute atomic E-state index is 15.4. The fourth-order valence-corrected chi connectivity index (χ4v) is 8.37. The Morgan fingerprint density at radius 1 is 1.00 bits per heavy atom. The van der Waals surface area contributed by atoms with Crippen molar-refractivity contribution in [3.05, 3.63) is 98.5 Å². The van der Waals surface area contributed by atoms with E-state index in [2.05, 4.69) is 59.1 Å². The van der Waals surface area contributed by atoms with Gasteiger partial charge in [0.25, 0.3) is 5.91 Å². The molecule has 50 heavy (non-hydrogen) atoms. The minimum absolute atomic E-state index is 0.000130. The number of benzene rings is 3. The molecule has 0 saturated carbocycles. The van der Waals surface area contributed by atoms with Gasteiger partial charge in [0.15, 0.2) is 5.78 Å². The molecule has 2 fully saturated rings. The van der Waals surface area contributed by atoms with Gasteiger partial charge in [0.05, 0.1) is 22.8 Å². The standard InChI is InChI=1S/C39H37FN6O4/c1-4-23-16-26-27(39(2,3)36-34(35(26)48)25-6-5-21(18-41)15-29(25)42-36)17-31(23)45-11-9-44(10-12-45)19-22-13-24-20-46(38(50)33(24)28(40)14-22)30-7-8-32(47)43-37(30)49/h5-6,13-17,30,42H,4,7-12,19-20H2,1-3H3,(H,43,47,49). The molecule has 1 unspecified atom stereocenters. The molecule has 4 aromatic rings. The van der Waals surface area contributed by atoms with Crippen LogP contribution in [0.5, 0.6) is 0 Å². The summed E-state index contributed by atoms with van der Waals surface area (Å²) in [4.78, 5) is 60.7. The zero-order valence-corrected chi connectivity index (χ0v) is 28.3. The SMILES string of the molecule is CCc1cc2c(cc1N1CCN(Cc3cc(F)c4c(c3)CN(C3CCC(=O)NC3=O)C4=O)CC1)C(C)(C)c1[nH]c3cc(C#N)ccc3c1C2=O. The fourth-order valence-electron chi connectivity index (χ4n) is 8.37. The Hall–Kier alpha value is -5.34. The lowest BCUT2D eigenvalue weighted by Crippen LogP contribution is -2.52. The van der Waals surface area contributed by atoms with Crippen LogP contribution in [0.15, 0.2) is 42.5 Å². The van der Waals surface area contributed by atoms with Crippen LogP contribution in [0.4, 0.5) is 10.1 Å². The van der Waals surface area contributed by atoms with Gasteiger partial charge in [-0.2, -0.15) is 5.26 Å². The topological polar surface area (TPSA) is 130 Å². The number of hydrogen-bond acceptors (Lipinski definition) is 7. The molecule has 2 N–H and O–H groups in total. The number of nitrogens with zero attached hydrogens (tertiary/aromatic N) is 4. The van der Waals surface area contributed by atoms with Gasteiger partial charge >= 0.3 is 0 Å². The summed E-state index contributed by atoms with van der Waals surface area (Å²) in [6.07, 6.45) is 1.15. The van der Waals surface area contributed by atoms with Crippen LogP contribution < -0.4 is 10.2 Å². The van der Waals surface area contributed by atoms with Crippen LogP contribution in [0, 0.1) is 17.1 Å². The first-order chi connectivity index (χ1) is 24.0. The molecule has 3 aromatic carbocycles. The van der Waals surface area contributed by atoms with Gasteiger partial charge in [0.1, 0.15) is 11.9 Å². The summed E-state index contributed by atoms with van der Waals surface area (Å²) >= 11 is 0. The Labute approximate surface area is 288 Å². The van der Waals surface area contributed by atoms with Gasteiger partial charge in [-0.1, -0.05) is 32.9 Å². The third-order valence-electron chi connectivity index (χ3n) is 11.0. The molecule has 0 radical (unpaired) electrons. The number of fused-ring (bicyclic) bond motifs is 5. The predicted octanol–water partition coefficient (Wildman–Crippen LogP) is 4.69. The van der Waals surface area contributed by atoms with E-state index in [0.29, 0.717) is 23.2 Å². The molecule has 1 aromatic heterocycles. The van der Waals surface area contributed by atoms with Gasteiger partial charge in [-0.05, 0) is 65.4 Å². The summed E-state index contributed by atoms with van der Waals surface area (Å²) in [5, 5.41) is 12.6. The number of H-pyrrole nitrogens is 1. The molecule has 4 heterocycles. The number of aromatic amines is 1. The van der Waals surface area contributed by atoms with E-state index in [1.165, 1.54) is 11.0 Å². The molecule has 2 saturated heterocycles. The molecule has 8 rings (SSSR count). The highest BCUT2D eigenvalue weighted by Gasteiger charge is 2.42. The molecular weight excluding hydrogens is 635 g/mol. The van der Waals surface area contributed by atoms with Crippen molar-refractivity contribution < 1.29 is 23.6 Å². The van der Waals surface area contributed by atoms with Crippen molar-refractivity contribution in [2.75, 3.05) is 31.1 Å². The Balaban J connectivity index is 1.00. The van der Waals surface area contributed by atoms with Crippen LogP contribution in [-0.2, 0) is 34.5 Å². The minimum atomic E-state index is -0.786. The van der Waals surface area contributed by atoms with Crippen molar-refractivity contribution >= 4 is 40.1 Å². The van der Waals surface area contributed by atoms with Crippen molar-refractivity contribution in [3.8, 4) is 6.07 Å². The molecule has 1 atom stereocenters. The van der Waals surface area contributed by atoms with Crippen LogP contribution in [0.25, 0.3) is 10.9 Å². The number of amides is 3. The van der Waals surface area contributed by atoms with Gasteiger partial charge in [0.2, 0.25) is 11.8 Å². The first-order valence-electron chi connectivity index (χ1n) is 17.2. The van der Waals surface area contributed by atoms with Gasteiger partial charge < -0.3 is 14.8 Å². The van der Waals surface area contributed by atoms with E-state index >= 15 is 4.39 Å². The van der Waals surface area contributed by atoms with Crippen molar-refractivity contribution in [2.24, 2.45) is 0 Å². The molecular formula is C39H37FN6O4. The van der Waals surface area contributed by atoms with Crippen LogP contribution >= 0.6 is 0 Å². The summed E-state index contributed by atoms with van der Waals surface area (Å²) in [6, 6.07) is 14.4. The monoisotopic (exact) mass is 672 g/mol. The summed E-state index contributed by atoms with van der Waals surface area (Å²) in [6.45, 7) is 10.0. The zero-order chi connectivity index (χ0) is 35.1. The third-order valence-corrected chi connectivity index (χ3v) is 11.0. The number of rotatable bonds is 5. The number of piperidine rings is 1. The molecule has 10 nitrogen and oxygen atoms in total. The number of carbonyl (C=O) groups is 4. The van der Waals surface area contributed by atoms with E-state index < -0.39 is 29.1 Å².